The maximum absolute atomic E-state index is 11.8. The van der Waals surface area contributed by atoms with E-state index in [0.717, 1.165) is 24.0 Å². The first-order valence-electron chi connectivity index (χ1n) is 7.26. The Morgan fingerprint density at radius 3 is 2.55 bits per heavy atom. The van der Waals surface area contributed by atoms with Gasteiger partial charge in [0.2, 0.25) is 0 Å². The average Bonchev–Trinajstić information content (AvgIpc) is 2.43. The summed E-state index contributed by atoms with van der Waals surface area (Å²) >= 11 is 0. The summed E-state index contributed by atoms with van der Waals surface area (Å²) in [4.78, 5) is 11.8. The van der Waals surface area contributed by atoms with Crippen LogP contribution in [0.2, 0.25) is 0 Å². The topological polar surface area (TPSA) is 64.3 Å². The molecule has 0 spiro atoms. The molecule has 1 rings (SSSR count). The first kappa shape index (κ1) is 16.5. The molecule has 0 aliphatic carbocycles. The fraction of sp³-hybridized carbons (Fsp3) is 0.562. The predicted molar refractivity (Wildman–Crippen MR) is 81.8 cm³/mol. The number of amides is 1. The Kier molecular flexibility index (Phi) is 6.52. The van der Waals surface area contributed by atoms with Gasteiger partial charge in [0.25, 0.3) is 5.91 Å². The lowest BCUT2D eigenvalue weighted by molar-refractivity contribution is -0.123. The van der Waals surface area contributed by atoms with Crippen molar-refractivity contribution >= 4 is 5.91 Å². The molecular formula is C16H26N2O2. The van der Waals surface area contributed by atoms with Gasteiger partial charge in [-0.1, -0.05) is 31.5 Å². The largest absolute Gasteiger partial charge is 0.483 e. The van der Waals surface area contributed by atoms with Crippen molar-refractivity contribution in [3.05, 3.63) is 29.3 Å². The van der Waals surface area contributed by atoms with E-state index in [1.54, 1.807) is 0 Å². The second-order valence-electron chi connectivity index (χ2n) is 5.20. The fourth-order valence-corrected chi connectivity index (χ4v) is 2.06. The van der Waals surface area contributed by atoms with Gasteiger partial charge in [-0.15, -0.1) is 0 Å². The number of rotatable bonds is 7. The lowest BCUT2D eigenvalue weighted by atomic mass is 10.1. The van der Waals surface area contributed by atoms with Crippen LogP contribution in [0, 0.1) is 6.92 Å². The van der Waals surface area contributed by atoms with Crippen LogP contribution in [-0.2, 0) is 4.79 Å². The zero-order valence-electron chi connectivity index (χ0n) is 12.9. The van der Waals surface area contributed by atoms with Crippen LogP contribution in [0.4, 0.5) is 0 Å². The van der Waals surface area contributed by atoms with Crippen LogP contribution >= 0.6 is 0 Å². The Morgan fingerprint density at radius 2 is 2.00 bits per heavy atom. The minimum atomic E-state index is -0.119. The maximum atomic E-state index is 11.8. The van der Waals surface area contributed by atoms with Gasteiger partial charge in [0.15, 0.2) is 6.61 Å². The molecule has 0 radical (unpaired) electrons. The normalized spacial score (nSPS) is 12.3. The zero-order valence-corrected chi connectivity index (χ0v) is 12.9. The monoisotopic (exact) mass is 278 g/mol. The molecular weight excluding hydrogens is 252 g/mol. The highest BCUT2D eigenvalue weighted by molar-refractivity contribution is 5.77. The lowest BCUT2D eigenvalue weighted by Crippen LogP contribution is -2.37. The molecule has 0 aromatic heterocycles. The highest BCUT2D eigenvalue weighted by atomic mass is 16.5. The summed E-state index contributed by atoms with van der Waals surface area (Å²) in [6, 6.07) is 5.93. The molecule has 20 heavy (non-hydrogen) atoms. The van der Waals surface area contributed by atoms with Crippen LogP contribution in [0.5, 0.6) is 5.75 Å². The third-order valence-corrected chi connectivity index (χ3v) is 3.37. The van der Waals surface area contributed by atoms with E-state index >= 15 is 0 Å². The van der Waals surface area contributed by atoms with Crippen LogP contribution in [-0.4, -0.2) is 18.6 Å². The van der Waals surface area contributed by atoms with E-state index in [2.05, 4.69) is 19.2 Å². The highest BCUT2D eigenvalue weighted by Crippen LogP contribution is 2.24. The quantitative estimate of drug-likeness (QED) is 0.806. The Hall–Kier alpha value is -1.55. The van der Waals surface area contributed by atoms with E-state index in [0.29, 0.717) is 5.75 Å². The Labute approximate surface area is 121 Å². The van der Waals surface area contributed by atoms with E-state index < -0.39 is 0 Å². The molecule has 0 bridgehead atoms. The predicted octanol–water partition coefficient (Wildman–Crippen LogP) is 2.70. The first-order valence-corrected chi connectivity index (χ1v) is 7.26. The van der Waals surface area contributed by atoms with Crippen molar-refractivity contribution < 1.29 is 9.53 Å². The van der Waals surface area contributed by atoms with Gasteiger partial charge in [-0.25, -0.2) is 0 Å². The number of aryl methyl sites for hydroxylation is 1. The maximum Gasteiger partial charge on any atom is 0.258 e. The lowest BCUT2D eigenvalue weighted by Gasteiger charge is -2.17. The van der Waals surface area contributed by atoms with Gasteiger partial charge < -0.3 is 15.8 Å². The van der Waals surface area contributed by atoms with E-state index in [9.17, 15) is 4.79 Å². The van der Waals surface area contributed by atoms with E-state index in [1.807, 2.05) is 32.0 Å². The SMILES string of the molecule is CCC(CC)NC(=O)COc1ccc(C)cc1[C@@H](C)N. The van der Waals surface area contributed by atoms with E-state index in [4.69, 9.17) is 10.5 Å². The minimum Gasteiger partial charge on any atom is -0.483 e. The molecule has 4 nitrogen and oxygen atoms in total. The van der Waals surface area contributed by atoms with Gasteiger partial charge in [0, 0.05) is 17.6 Å². The zero-order chi connectivity index (χ0) is 15.1. The molecule has 1 amide bonds. The van der Waals surface area contributed by atoms with E-state index in [-0.39, 0.29) is 24.6 Å². The highest BCUT2D eigenvalue weighted by Gasteiger charge is 2.12. The van der Waals surface area contributed by atoms with Crippen LogP contribution in [0.1, 0.15) is 50.8 Å². The van der Waals surface area contributed by atoms with E-state index in [1.165, 1.54) is 0 Å². The second-order valence-corrected chi connectivity index (χ2v) is 5.20. The summed E-state index contributed by atoms with van der Waals surface area (Å²) in [5, 5.41) is 2.95. The third-order valence-electron chi connectivity index (χ3n) is 3.37. The molecule has 0 heterocycles. The molecule has 0 fully saturated rings. The van der Waals surface area contributed by atoms with Gasteiger partial charge in [0.1, 0.15) is 5.75 Å². The summed E-state index contributed by atoms with van der Waals surface area (Å²) in [5.41, 5.74) is 7.99. The van der Waals surface area contributed by atoms with Crippen molar-refractivity contribution in [2.45, 2.75) is 52.6 Å². The van der Waals surface area contributed by atoms with Gasteiger partial charge >= 0.3 is 0 Å². The molecule has 0 saturated heterocycles. The number of nitrogens with two attached hydrogens (primary N) is 1. The van der Waals surface area contributed by atoms with Crippen LogP contribution in [0.15, 0.2) is 18.2 Å². The van der Waals surface area contributed by atoms with Gasteiger partial charge in [-0.05, 0) is 32.8 Å². The molecule has 1 aromatic rings. The van der Waals surface area contributed by atoms with Crippen molar-refractivity contribution in [2.24, 2.45) is 5.73 Å². The average molecular weight is 278 g/mol. The second kappa shape index (κ2) is 7.90. The summed E-state index contributed by atoms with van der Waals surface area (Å²) in [6.45, 7) is 8.06. The van der Waals surface area contributed by atoms with Crippen LogP contribution in [0.3, 0.4) is 0 Å². The molecule has 0 aliphatic rings. The molecule has 4 heteroatoms. The molecule has 3 N–H and O–H groups in total. The number of nitrogens with one attached hydrogen (secondary N) is 1. The first-order chi connectivity index (χ1) is 9.47. The number of ether oxygens (including phenoxy) is 1. The number of hydrogen-bond donors (Lipinski definition) is 2. The summed E-state index contributed by atoms with van der Waals surface area (Å²) in [7, 11) is 0. The number of carbonyl (C=O) groups excluding carboxylic acids is 1. The number of hydrogen-bond acceptors (Lipinski definition) is 3. The number of benzene rings is 1. The van der Waals surface area contributed by atoms with Gasteiger partial charge in [0.05, 0.1) is 0 Å². The Balaban J connectivity index is 2.63. The van der Waals surface area contributed by atoms with Crippen molar-refractivity contribution in [2.75, 3.05) is 6.61 Å². The molecule has 0 saturated carbocycles. The number of carbonyl (C=O) groups is 1. The van der Waals surface area contributed by atoms with Crippen molar-refractivity contribution in [3.8, 4) is 5.75 Å². The van der Waals surface area contributed by atoms with Crippen molar-refractivity contribution in [1.82, 2.24) is 5.32 Å². The molecule has 0 aliphatic heterocycles. The third kappa shape index (κ3) is 4.85. The molecule has 0 unspecified atom stereocenters. The minimum absolute atomic E-state index is 0.0271. The Bertz CT molecular complexity index is 440. The molecule has 112 valence electrons. The summed E-state index contributed by atoms with van der Waals surface area (Å²) in [5.74, 6) is 0.597. The summed E-state index contributed by atoms with van der Waals surface area (Å²) < 4.78 is 5.61. The summed E-state index contributed by atoms with van der Waals surface area (Å²) in [6.07, 6.45) is 1.86. The van der Waals surface area contributed by atoms with Crippen LogP contribution < -0.4 is 15.8 Å². The molecule has 1 aromatic carbocycles. The fourth-order valence-electron chi connectivity index (χ4n) is 2.06. The van der Waals surface area contributed by atoms with Crippen molar-refractivity contribution in [1.29, 1.82) is 0 Å². The molecule has 1 atom stereocenters. The smallest absolute Gasteiger partial charge is 0.258 e. The standard InChI is InChI=1S/C16H26N2O2/c1-5-13(6-2)18-16(19)10-20-15-8-7-11(3)9-14(15)12(4)17/h7-9,12-13H,5-6,10,17H2,1-4H3,(H,18,19)/t12-/m1/s1. The van der Waals surface area contributed by atoms with Gasteiger partial charge in [-0.3, -0.25) is 4.79 Å². The van der Waals surface area contributed by atoms with Gasteiger partial charge in [-0.2, -0.15) is 0 Å². The van der Waals surface area contributed by atoms with Crippen molar-refractivity contribution in [3.63, 3.8) is 0 Å². The Morgan fingerprint density at radius 1 is 1.35 bits per heavy atom. The van der Waals surface area contributed by atoms with Crippen LogP contribution in [0.25, 0.3) is 0 Å².